The second-order valence-corrected chi connectivity index (χ2v) is 3.51. The average molecular weight is 155 g/mol. The van der Waals surface area contributed by atoms with Gasteiger partial charge < -0.3 is 15.2 Å². The summed E-state index contributed by atoms with van der Waals surface area (Å²) in [4.78, 5) is 11.1. The van der Waals surface area contributed by atoms with E-state index in [0.717, 1.165) is 0 Å². The zero-order chi connectivity index (χ0) is 7.59. The standard InChI is InChI=1S/C7H9NO3/c9-5-3-1-2-6(11-3)4(5)8-7(2)10/h2-6,9H,1H2,(H,8,10). The van der Waals surface area contributed by atoms with E-state index in [0.29, 0.717) is 6.42 Å². The molecule has 3 fully saturated rings. The highest BCUT2D eigenvalue weighted by Crippen LogP contribution is 2.43. The van der Waals surface area contributed by atoms with Crippen LogP contribution in [0.4, 0.5) is 0 Å². The van der Waals surface area contributed by atoms with E-state index in [9.17, 15) is 9.90 Å². The molecule has 60 valence electrons. The second-order valence-electron chi connectivity index (χ2n) is 3.51. The van der Waals surface area contributed by atoms with Crippen LogP contribution < -0.4 is 5.32 Å². The molecule has 3 aliphatic heterocycles. The number of nitrogens with one attached hydrogen (secondary N) is 1. The minimum absolute atomic E-state index is 0.0217. The largest absolute Gasteiger partial charge is 0.388 e. The van der Waals surface area contributed by atoms with Crippen LogP contribution >= 0.6 is 0 Å². The smallest absolute Gasteiger partial charge is 0.226 e. The van der Waals surface area contributed by atoms with Crippen molar-refractivity contribution in [2.24, 2.45) is 5.92 Å². The van der Waals surface area contributed by atoms with Crippen molar-refractivity contribution in [3.05, 3.63) is 0 Å². The molecule has 4 heteroatoms. The van der Waals surface area contributed by atoms with Gasteiger partial charge >= 0.3 is 0 Å². The number of amides is 1. The van der Waals surface area contributed by atoms with Gasteiger partial charge in [-0.3, -0.25) is 4.79 Å². The molecule has 4 nitrogen and oxygen atoms in total. The van der Waals surface area contributed by atoms with Crippen LogP contribution in [0.5, 0.6) is 0 Å². The minimum Gasteiger partial charge on any atom is -0.388 e. The summed E-state index contributed by atoms with van der Waals surface area (Å²) in [5.41, 5.74) is 0. The molecule has 0 aromatic carbocycles. The Labute approximate surface area is 63.5 Å². The molecule has 5 unspecified atom stereocenters. The van der Waals surface area contributed by atoms with E-state index in [2.05, 4.69) is 5.32 Å². The van der Waals surface area contributed by atoms with E-state index in [-0.39, 0.29) is 30.1 Å². The lowest BCUT2D eigenvalue weighted by Gasteiger charge is -2.17. The number of rotatable bonds is 0. The van der Waals surface area contributed by atoms with E-state index in [1.54, 1.807) is 0 Å². The first-order valence-corrected chi connectivity index (χ1v) is 3.91. The Morgan fingerprint density at radius 2 is 2.45 bits per heavy atom. The van der Waals surface area contributed by atoms with Crippen molar-refractivity contribution in [3.63, 3.8) is 0 Å². The predicted molar refractivity (Wildman–Crippen MR) is 34.7 cm³/mol. The zero-order valence-electron chi connectivity index (χ0n) is 5.86. The number of hydrogen-bond donors (Lipinski definition) is 2. The van der Waals surface area contributed by atoms with Gasteiger partial charge in [0, 0.05) is 0 Å². The lowest BCUT2D eigenvalue weighted by molar-refractivity contribution is -0.122. The summed E-state index contributed by atoms with van der Waals surface area (Å²) < 4.78 is 5.41. The molecular weight excluding hydrogens is 146 g/mol. The van der Waals surface area contributed by atoms with Crippen LogP contribution in [0, 0.1) is 5.92 Å². The van der Waals surface area contributed by atoms with Crippen LogP contribution in [0.25, 0.3) is 0 Å². The molecule has 3 rings (SSSR count). The van der Waals surface area contributed by atoms with Crippen LogP contribution in [0.15, 0.2) is 0 Å². The molecule has 3 aliphatic rings. The normalized spacial score (nSPS) is 58.6. The maximum atomic E-state index is 11.1. The molecule has 0 radical (unpaired) electrons. The van der Waals surface area contributed by atoms with Crippen LogP contribution in [-0.2, 0) is 9.53 Å². The minimum atomic E-state index is -0.470. The topological polar surface area (TPSA) is 58.6 Å². The molecule has 2 bridgehead atoms. The molecule has 0 spiro atoms. The highest BCUT2D eigenvalue weighted by Gasteiger charge is 2.60. The summed E-state index contributed by atoms with van der Waals surface area (Å²) in [6.07, 6.45) is 0.105. The highest BCUT2D eigenvalue weighted by atomic mass is 16.5. The molecule has 3 heterocycles. The second kappa shape index (κ2) is 1.59. The lowest BCUT2D eigenvalue weighted by Crippen LogP contribution is -2.41. The van der Waals surface area contributed by atoms with Gasteiger partial charge in [0.25, 0.3) is 0 Å². The van der Waals surface area contributed by atoms with Gasteiger partial charge in [-0.15, -0.1) is 0 Å². The van der Waals surface area contributed by atoms with E-state index in [1.807, 2.05) is 0 Å². The monoisotopic (exact) mass is 155 g/mol. The summed E-state index contributed by atoms with van der Waals surface area (Å²) in [6, 6.07) is -0.119. The third kappa shape index (κ3) is 0.520. The summed E-state index contributed by atoms with van der Waals surface area (Å²) in [5.74, 6) is 0.0763. The van der Waals surface area contributed by atoms with Gasteiger partial charge in [-0.05, 0) is 6.42 Å². The third-order valence-corrected chi connectivity index (χ3v) is 2.96. The molecule has 0 saturated carbocycles. The first-order chi connectivity index (χ1) is 5.27. The Morgan fingerprint density at radius 3 is 3.09 bits per heavy atom. The van der Waals surface area contributed by atoms with Gasteiger partial charge in [0.15, 0.2) is 0 Å². The number of carbonyl (C=O) groups is 1. The molecule has 11 heavy (non-hydrogen) atoms. The fourth-order valence-electron chi connectivity index (χ4n) is 2.41. The first kappa shape index (κ1) is 5.97. The van der Waals surface area contributed by atoms with Crippen molar-refractivity contribution in [2.45, 2.75) is 30.8 Å². The van der Waals surface area contributed by atoms with Crippen molar-refractivity contribution in [1.29, 1.82) is 0 Å². The van der Waals surface area contributed by atoms with Crippen molar-refractivity contribution in [2.75, 3.05) is 0 Å². The van der Waals surface area contributed by atoms with Crippen LogP contribution in [0.2, 0.25) is 0 Å². The summed E-state index contributed by atoms with van der Waals surface area (Å²) in [6.45, 7) is 0. The van der Waals surface area contributed by atoms with Crippen molar-refractivity contribution < 1.29 is 14.6 Å². The Balaban J connectivity index is 2.04. The molecule has 5 atom stereocenters. The van der Waals surface area contributed by atoms with Crippen LogP contribution in [-0.4, -0.2) is 35.4 Å². The van der Waals surface area contributed by atoms with Gasteiger partial charge in [-0.2, -0.15) is 0 Å². The van der Waals surface area contributed by atoms with E-state index in [1.165, 1.54) is 0 Å². The Kier molecular flexibility index (Phi) is 0.863. The number of carbonyl (C=O) groups excluding carboxylic acids is 1. The van der Waals surface area contributed by atoms with Gasteiger partial charge in [0.2, 0.25) is 5.91 Å². The fraction of sp³-hybridized carbons (Fsp3) is 0.857. The zero-order valence-corrected chi connectivity index (χ0v) is 5.86. The quantitative estimate of drug-likeness (QED) is 0.454. The van der Waals surface area contributed by atoms with Gasteiger partial charge in [0.05, 0.1) is 24.2 Å². The van der Waals surface area contributed by atoms with Crippen LogP contribution in [0.3, 0.4) is 0 Å². The number of aliphatic hydroxyl groups is 1. The number of fused-ring (bicyclic) bond motifs is 1. The Bertz CT molecular complexity index is 230. The lowest BCUT2D eigenvalue weighted by atomic mass is 9.88. The van der Waals surface area contributed by atoms with E-state index >= 15 is 0 Å². The number of hydrogen-bond acceptors (Lipinski definition) is 3. The summed E-state index contributed by atoms with van der Waals surface area (Å²) in [7, 11) is 0. The van der Waals surface area contributed by atoms with Gasteiger partial charge in [-0.1, -0.05) is 0 Å². The van der Waals surface area contributed by atoms with E-state index < -0.39 is 6.10 Å². The molecule has 3 saturated heterocycles. The molecule has 0 aromatic heterocycles. The molecule has 2 N–H and O–H groups in total. The SMILES string of the molecule is O=C1NC2C(O)C3CC1C2O3. The Morgan fingerprint density at radius 1 is 1.64 bits per heavy atom. The maximum absolute atomic E-state index is 11.1. The summed E-state index contributed by atoms with van der Waals surface area (Å²) in [5, 5.41) is 12.2. The third-order valence-electron chi connectivity index (χ3n) is 2.96. The van der Waals surface area contributed by atoms with Crippen LogP contribution in [0.1, 0.15) is 6.42 Å². The average Bonchev–Trinajstić information content (AvgIpc) is 2.53. The van der Waals surface area contributed by atoms with Crippen molar-refractivity contribution >= 4 is 5.91 Å². The van der Waals surface area contributed by atoms with E-state index in [4.69, 9.17) is 4.74 Å². The fourth-order valence-corrected chi connectivity index (χ4v) is 2.41. The first-order valence-electron chi connectivity index (χ1n) is 3.91. The van der Waals surface area contributed by atoms with Crippen molar-refractivity contribution in [1.82, 2.24) is 5.32 Å². The van der Waals surface area contributed by atoms with Gasteiger partial charge in [-0.25, -0.2) is 0 Å². The highest BCUT2D eigenvalue weighted by molar-refractivity contribution is 5.83. The van der Waals surface area contributed by atoms with Crippen molar-refractivity contribution in [3.8, 4) is 0 Å². The summed E-state index contributed by atoms with van der Waals surface area (Å²) >= 11 is 0. The molecule has 0 aromatic rings. The molecule has 0 aliphatic carbocycles. The van der Waals surface area contributed by atoms with Gasteiger partial charge in [0.1, 0.15) is 6.10 Å². The molecule has 1 amide bonds. The Hall–Kier alpha value is -0.610. The predicted octanol–water partition coefficient (Wildman–Crippen LogP) is -1.37. The number of aliphatic hydroxyl groups excluding tert-OH is 1. The maximum Gasteiger partial charge on any atom is 0.226 e. The number of ether oxygens (including phenoxy) is 1. The molecular formula is C7H9NO3.